The Morgan fingerprint density at radius 3 is 2.39 bits per heavy atom. The molecule has 3 nitrogen and oxygen atoms in total. The molecule has 98 valence electrons. The molecule has 0 aliphatic carbocycles. The van der Waals surface area contributed by atoms with Crippen molar-refractivity contribution in [1.82, 2.24) is 0 Å². The molecule has 1 aromatic carbocycles. The van der Waals surface area contributed by atoms with E-state index in [9.17, 15) is 21.6 Å². The van der Waals surface area contributed by atoms with E-state index < -0.39 is 32.5 Å². The first-order chi connectivity index (χ1) is 8.14. The summed E-state index contributed by atoms with van der Waals surface area (Å²) in [6.45, 7) is 1.52. The SMILES string of the molecule is CC(N)C1=CS(=O)(=O)c2c1cccc2C(F)(F)F. The molecule has 1 heterocycles. The molecule has 2 N–H and O–H groups in total. The van der Waals surface area contributed by atoms with E-state index in [0.29, 0.717) is 0 Å². The zero-order chi connectivity index (χ0) is 13.7. The van der Waals surface area contributed by atoms with E-state index in [2.05, 4.69) is 0 Å². The fourth-order valence-electron chi connectivity index (χ4n) is 1.94. The molecule has 0 fully saturated rings. The third-order valence-electron chi connectivity index (χ3n) is 2.69. The van der Waals surface area contributed by atoms with Crippen LogP contribution in [-0.4, -0.2) is 14.5 Å². The molecule has 1 aliphatic rings. The van der Waals surface area contributed by atoms with Crippen LogP contribution in [-0.2, 0) is 16.0 Å². The van der Waals surface area contributed by atoms with Crippen molar-refractivity contribution in [2.75, 3.05) is 0 Å². The maximum atomic E-state index is 12.8. The van der Waals surface area contributed by atoms with Crippen molar-refractivity contribution >= 4 is 15.4 Å². The average molecular weight is 277 g/mol. The largest absolute Gasteiger partial charge is 0.417 e. The molecule has 0 bridgehead atoms. The molecule has 0 aromatic heterocycles. The van der Waals surface area contributed by atoms with Crippen LogP contribution in [0.1, 0.15) is 18.1 Å². The lowest BCUT2D eigenvalue weighted by molar-refractivity contribution is -0.139. The van der Waals surface area contributed by atoms with Crippen LogP contribution in [0.4, 0.5) is 13.2 Å². The van der Waals surface area contributed by atoms with Gasteiger partial charge < -0.3 is 5.73 Å². The smallest absolute Gasteiger partial charge is 0.324 e. The van der Waals surface area contributed by atoms with Crippen molar-refractivity contribution in [2.45, 2.75) is 24.0 Å². The standard InChI is InChI=1S/C11H10F3NO2S/c1-6(15)8-5-18(16,17)10-7(8)3-2-4-9(10)11(12,13)14/h2-6H,15H2,1H3. The molecule has 18 heavy (non-hydrogen) atoms. The Morgan fingerprint density at radius 1 is 1.28 bits per heavy atom. The maximum Gasteiger partial charge on any atom is 0.417 e. The molecule has 0 radical (unpaired) electrons. The third kappa shape index (κ3) is 1.93. The van der Waals surface area contributed by atoms with E-state index in [0.717, 1.165) is 11.5 Å². The van der Waals surface area contributed by atoms with Gasteiger partial charge in [0, 0.05) is 11.4 Å². The Bertz CT molecular complexity index is 630. The molecule has 0 spiro atoms. The van der Waals surface area contributed by atoms with Gasteiger partial charge in [-0.1, -0.05) is 12.1 Å². The molecular formula is C11H10F3NO2S. The molecule has 1 unspecified atom stereocenters. The zero-order valence-corrected chi connectivity index (χ0v) is 10.1. The number of sulfone groups is 1. The summed E-state index contributed by atoms with van der Waals surface area (Å²) in [6, 6.07) is 2.63. The van der Waals surface area contributed by atoms with Gasteiger partial charge in [-0.25, -0.2) is 8.42 Å². The van der Waals surface area contributed by atoms with Crippen LogP contribution in [0, 0.1) is 0 Å². The van der Waals surface area contributed by atoms with Crippen molar-refractivity contribution < 1.29 is 21.6 Å². The van der Waals surface area contributed by atoms with Crippen LogP contribution in [0.15, 0.2) is 28.5 Å². The number of benzene rings is 1. The molecule has 1 aliphatic heterocycles. The lowest BCUT2D eigenvalue weighted by Crippen LogP contribution is -2.16. The molecule has 1 atom stereocenters. The number of fused-ring (bicyclic) bond motifs is 1. The quantitative estimate of drug-likeness (QED) is 0.856. The Labute approximate surface area is 102 Å². The van der Waals surface area contributed by atoms with Crippen LogP contribution < -0.4 is 5.73 Å². The minimum Gasteiger partial charge on any atom is -0.324 e. The number of nitrogens with two attached hydrogens (primary N) is 1. The number of rotatable bonds is 1. The lowest BCUT2D eigenvalue weighted by Gasteiger charge is -2.13. The zero-order valence-electron chi connectivity index (χ0n) is 9.32. The topological polar surface area (TPSA) is 60.2 Å². The van der Waals surface area contributed by atoms with Crippen molar-refractivity contribution in [3.63, 3.8) is 0 Å². The number of halogens is 3. The van der Waals surface area contributed by atoms with E-state index in [-0.39, 0.29) is 11.1 Å². The van der Waals surface area contributed by atoms with Gasteiger partial charge in [-0.2, -0.15) is 13.2 Å². The summed E-state index contributed by atoms with van der Waals surface area (Å²) in [4.78, 5) is -0.690. The molecule has 2 rings (SSSR count). The van der Waals surface area contributed by atoms with Gasteiger partial charge in [0.05, 0.1) is 10.5 Å². The van der Waals surface area contributed by atoms with Gasteiger partial charge in [0.25, 0.3) is 0 Å². The van der Waals surface area contributed by atoms with Crippen LogP contribution in [0.25, 0.3) is 5.57 Å². The van der Waals surface area contributed by atoms with Crippen molar-refractivity contribution in [1.29, 1.82) is 0 Å². The number of hydrogen-bond acceptors (Lipinski definition) is 3. The molecular weight excluding hydrogens is 267 g/mol. The normalized spacial score (nSPS) is 19.3. The highest BCUT2D eigenvalue weighted by Crippen LogP contribution is 2.42. The predicted octanol–water partition coefficient (Wildman–Crippen LogP) is 2.18. The average Bonchev–Trinajstić information content (AvgIpc) is 2.50. The maximum absolute atomic E-state index is 12.8. The van der Waals surface area contributed by atoms with E-state index in [1.807, 2.05) is 0 Å². The molecule has 0 saturated carbocycles. The van der Waals surface area contributed by atoms with Gasteiger partial charge in [-0.3, -0.25) is 0 Å². The first-order valence-corrected chi connectivity index (χ1v) is 6.62. The van der Waals surface area contributed by atoms with Gasteiger partial charge in [-0.15, -0.1) is 0 Å². The summed E-state index contributed by atoms with van der Waals surface area (Å²) in [5.74, 6) is 0. The third-order valence-corrected chi connectivity index (χ3v) is 4.26. The van der Waals surface area contributed by atoms with Crippen LogP contribution in [0.5, 0.6) is 0 Å². The summed E-state index contributed by atoms with van der Waals surface area (Å²) < 4.78 is 62.0. The molecule has 7 heteroatoms. The fraction of sp³-hybridized carbons (Fsp3) is 0.273. The molecule has 0 saturated heterocycles. The van der Waals surface area contributed by atoms with E-state index in [4.69, 9.17) is 5.73 Å². The van der Waals surface area contributed by atoms with Crippen molar-refractivity contribution in [2.24, 2.45) is 5.73 Å². The van der Waals surface area contributed by atoms with Gasteiger partial charge >= 0.3 is 6.18 Å². The van der Waals surface area contributed by atoms with E-state index >= 15 is 0 Å². The summed E-state index contributed by atoms with van der Waals surface area (Å²) in [5.41, 5.74) is 4.68. The van der Waals surface area contributed by atoms with Gasteiger partial charge in [0.1, 0.15) is 0 Å². The molecule has 0 amide bonds. The highest BCUT2D eigenvalue weighted by Gasteiger charge is 2.41. The van der Waals surface area contributed by atoms with Crippen molar-refractivity contribution in [3.05, 3.63) is 34.7 Å². The first-order valence-electron chi connectivity index (χ1n) is 5.07. The summed E-state index contributed by atoms with van der Waals surface area (Å²) >= 11 is 0. The van der Waals surface area contributed by atoms with E-state index in [1.165, 1.54) is 19.1 Å². The van der Waals surface area contributed by atoms with Crippen LogP contribution in [0.2, 0.25) is 0 Å². The number of hydrogen-bond donors (Lipinski definition) is 1. The minimum absolute atomic E-state index is 0.0415. The van der Waals surface area contributed by atoms with Crippen LogP contribution >= 0.6 is 0 Å². The second kappa shape index (κ2) is 3.83. The Hall–Kier alpha value is -1.34. The second-order valence-corrected chi connectivity index (χ2v) is 5.82. The molecule has 1 aromatic rings. The van der Waals surface area contributed by atoms with Gasteiger partial charge in [0.2, 0.25) is 9.84 Å². The Morgan fingerprint density at radius 2 is 1.89 bits per heavy atom. The van der Waals surface area contributed by atoms with Crippen molar-refractivity contribution in [3.8, 4) is 0 Å². The van der Waals surface area contributed by atoms with Gasteiger partial charge in [0.15, 0.2) is 0 Å². The summed E-state index contributed by atoms with van der Waals surface area (Å²) in [5, 5.41) is 0.817. The Balaban J connectivity index is 2.80. The highest BCUT2D eigenvalue weighted by atomic mass is 32.2. The summed E-state index contributed by atoms with van der Waals surface area (Å²) in [6.07, 6.45) is -4.71. The predicted molar refractivity (Wildman–Crippen MR) is 60.3 cm³/mol. The highest BCUT2D eigenvalue weighted by molar-refractivity contribution is 7.95. The minimum atomic E-state index is -4.71. The van der Waals surface area contributed by atoms with Gasteiger partial charge in [-0.05, 0) is 24.1 Å². The number of alkyl halides is 3. The second-order valence-electron chi connectivity index (χ2n) is 4.09. The monoisotopic (exact) mass is 277 g/mol. The fourth-order valence-corrected chi connectivity index (χ4v) is 3.71. The lowest BCUT2D eigenvalue weighted by atomic mass is 10.00. The first kappa shape index (κ1) is 13.1. The van der Waals surface area contributed by atoms with E-state index in [1.54, 1.807) is 0 Å². The summed E-state index contributed by atoms with van der Waals surface area (Å²) in [7, 11) is -4.08. The van der Waals surface area contributed by atoms with Crippen LogP contribution in [0.3, 0.4) is 0 Å². The Kier molecular flexibility index (Phi) is 2.78.